The molecule has 0 heterocycles. The third-order valence-electron chi connectivity index (χ3n) is 2.01. The minimum atomic E-state index is -4.97. The van der Waals surface area contributed by atoms with Crippen LogP contribution in [0.3, 0.4) is 0 Å². The van der Waals surface area contributed by atoms with Crippen LogP contribution >= 0.6 is 8.38 Å². The van der Waals surface area contributed by atoms with Crippen LogP contribution in [0.15, 0.2) is 0 Å². The number of amides is 1. The summed E-state index contributed by atoms with van der Waals surface area (Å²) < 4.78 is 51.5. The van der Waals surface area contributed by atoms with Crippen LogP contribution in [0.5, 0.6) is 0 Å². The summed E-state index contributed by atoms with van der Waals surface area (Å²) in [5.74, 6) is -2.67. The lowest BCUT2D eigenvalue weighted by Gasteiger charge is -2.22. The molecule has 1 unspecified atom stereocenters. The first kappa shape index (κ1) is 22.6. The average Bonchev–Trinajstić information content (AvgIpc) is 2.39. The van der Waals surface area contributed by atoms with Gasteiger partial charge in [0.2, 0.25) is 0 Å². The molecule has 0 aliphatic heterocycles. The molecule has 0 fully saturated rings. The SMILES string of the molecule is CC(C)(C)OC(=O)CP(OCCC#N)OCCNC(=O)C(F)(F)F. The molecule has 138 valence electrons. The van der Waals surface area contributed by atoms with Gasteiger partial charge in [0.1, 0.15) is 11.8 Å². The van der Waals surface area contributed by atoms with Gasteiger partial charge >= 0.3 is 18.1 Å². The van der Waals surface area contributed by atoms with E-state index in [2.05, 4.69) is 0 Å². The van der Waals surface area contributed by atoms with Gasteiger partial charge in [-0.1, -0.05) is 0 Å². The van der Waals surface area contributed by atoms with Crippen molar-refractivity contribution in [3.05, 3.63) is 0 Å². The molecule has 0 aromatic rings. The number of rotatable bonds is 9. The van der Waals surface area contributed by atoms with Crippen LogP contribution in [0, 0.1) is 11.3 Å². The number of hydrogen-bond acceptors (Lipinski definition) is 6. The molecule has 0 radical (unpaired) electrons. The Morgan fingerprint density at radius 2 is 1.75 bits per heavy atom. The lowest BCUT2D eigenvalue weighted by Crippen LogP contribution is -2.38. The zero-order valence-corrected chi connectivity index (χ0v) is 14.5. The van der Waals surface area contributed by atoms with Crippen molar-refractivity contribution in [3.8, 4) is 6.07 Å². The molecular formula is C13H20F3N2O5P. The van der Waals surface area contributed by atoms with Crippen molar-refractivity contribution in [1.29, 1.82) is 5.26 Å². The zero-order valence-electron chi connectivity index (χ0n) is 13.6. The highest BCUT2D eigenvalue weighted by atomic mass is 31.2. The molecule has 24 heavy (non-hydrogen) atoms. The molecule has 0 bridgehead atoms. The largest absolute Gasteiger partial charge is 0.471 e. The van der Waals surface area contributed by atoms with Gasteiger partial charge in [0, 0.05) is 6.54 Å². The first-order valence-electron chi connectivity index (χ1n) is 6.93. The number of halogens is 3. The molecule has 0 spiro atoms. The first-order chi connectivity index (χ1) is 11.0. The number of alkyl halides is 3. The van der Waals surface area contributed by atoms with Gasteiger partial charge < -0.3 is 19.1 Å². The van der Waals surface area contributed by atoms with Gasteiger partial charge in [0.25, 0.3) is 0 Å². The first-order valence-corrected chi connectivity index (χ1v) is 8.29. The Hall–Kier alpha value is -1.43. The lowest BCUT2D eigenvalue weighted by molar-refractivity contribution is -0.173. The summed E-state index contributed by atoms with van der Waals surface area (Å²) >= 11 is 0. The Kier molecular flexibility index (Phi) is 9.82. The molecule has 1 N–H and O–H groups in total. The summed E-state index contributed by atoms with van der Waals surface area (Å²) in [4.78, 5) is 22.4. The second-order valence-electron chi connectivity index (χ2n) is 5.41. The highest BCUT2D eigenvalue weighted by Gasteiger charge is 2.38. The van der Waals surface area contributed by atoms with Crippen LogP contribution in [-0.2, 0) is 23.4 Å². The van der Waals surface area contributed by atoms with Crippen LogP contribution in [0.4, 0.5) is 13.2 Å². The third-order valence-corrected chi connectivity index (χ3v) is 3.47. The van der Waals surface area contributed by atoms with Gasteiger partial charge in [0.15, 0.2) is 8.38 Å². The molecule has 11 heteroatoms. The minimum Gasteiger partial charge on any atom is -0.460 e. The van der Waals surface area contributed by atoms with E-state index in [1.54, 1.807) is 26.1 Å². The van der Waals surface area contributed by atoms with Gasteiger partial charge in [-0.15, -0.1) is 0 Å². The van der Waals surface area contributed by atoms with Gasteiger partial charge in [-0.2, -0.15) is 18.4 Å². The summed E-state index contributed by atoms with van der Waals surface area (Å²) in [6, 6.07) is 1.85. The predicted octanol–water partition coefficient (Wildman–Crippen LogP) is 2.27. The molecule has 0 aliphatic carbocycles. The molecule has 1 amide bonds. The Balaban J connectivity index is 4.33. The lowest BCUT2D eigenvalue weighted by atomic mass is 10.2. The quantitative estimate of drug-likeness (QED) is 0.379. The number of ether oxygens (including phenoxy) is 1. The van der Waals surface area contributed by atoms with E-state index in [1.165, 1.54) is 0 Å². The number of nitrogens with one attached hydrogen (secondary N) is 1. The number of nitrogens with zero attached hydrogens (tertiary/aromatic N) is 1. The number of carbonyl (C=O) groups excluding carboxylic acids is 2. The number of nitriles is 1. The van der Waals surface area contributed by atoms with E-state index in [0.29, 0.717) is 0 Å². The fourth-order valence-corrected chi connectivity index (χ4v) is 2.34. The fourth-order valence-electron chi connectivity index (χ4n) is 1.21. The van der Waals surface area contributed by atoms with E-state index in [1.807, 2.05) is 6.07 Å². The van der Waals surface area contributed by atoms with E-state index in [0.717, 1.165) is 0 Å². The molecule has 0 aliphatic rings. The summed E-state index contributed by atoms with van der Waals surface area (Å²) in [7, 11) is -1.78. The van der Waals surface area contributed by atoms with E-state index < -0.39 is 38.6 Å². The van der Waals surface area contributed by atoms with E-state index >= 15 is 0 Å². The highest BCUT2D eigenvalue weighted by molar-refractivity contribution is 7.48. The van der Waals surface area contributed by atoms with Crippen molar-refractivity contribution >= 4 is 20.3 Å². The summed E-state index contributed by atoms with van der Waals surface area (Å²) in [5, 5.41) is 10.1. The topological polar surface area (TPSA) is 97.7 Å². The van der Waals surface area contributed by atoms with E-state index in [4.69, 9.17) is 19.0 Å². The van der Waals surface area contributed by atoms with Crippen molar-refractivity contribution < 1.29 is 36.5 Å². The molecule has 0 rings (SSSR count). The molecule has 0 saturated carbocycles. The highest BCUT2D eigenvalue weighted by Crippen LogP contribution is 2.38. The summed E-state index contributed by atoms with van der Waals surface area (Å²) in [5.41, 5.74) is -0.703. The average molecular weight is 372 g/mol. The Labute approximate surface area is 139 Å². The Bertz CT molecular complexity index is 460. The van der Waals surface area contributed by atoms with Crippen LogP contribution < -0.4 is 5.32 Å². The predicted molar refractivity (Wildman–Crippen MR) is 78.8 cm³/mol. The molecule has 1 atom stereocenters. The zero-order chi connectivity index (χ0) is 18.8. The van der Waals surface area contributed by atoms with Crippen molar-refractivity contribution in [2.45, 2.75) is 39.0 Å². The van der Waals surface area contributed by atoms with Gasteiger partial charge in [-0.3, -0.25) is 9.59 Å². The minimum absolute atomic E-state index is 0.0138. The van der Waals surface area contributed by atoms with Crippen molar-refractivity contribution in [1.82, 2.24) is 5.32 Å². The monoisotopic (exact) mass is 372 g/mol. The fraction of sp³-hybridized carbons (Fsp3) is 0.769. The molecule has 0 saturated heterocycles. The Morgan fingerprint density at radius 1 is 1.17 bits per heavy atom. The maximum absolute atomic E-state index is 12.0. The molecular weight excluding hydrogens is 352 g/mol. The number of esters is 1. The molecule has 0 aromatic carbocycles. The van der Waals surface area contributed by atoms with Gasteiger partial charge in [-0.25, -0.2) is 0 Å². The number of hydrogen-bond donors (Lipinski definition) is 1. The normalized spacial score (nSPS) is 13.0. The van der Waals surface area contributed by atoms with E-state index in [9.17, 15) is 22.8 Å². The number of carbonyl (C=O) groups is 2. The third kappa shape index (κ3) is 12.0. The second-order valence-corrected chi connectivity index (χ2v) is 6.90. The van der Waals surface area contributed by atoms with Crippen molar-refractivity contribution in [3.63, 3.8) is 0 Å². The summed E-state index contributed by atoms with van der Waals surface area (Å²) in [6.45, 7) is 4.38. The molecule has 0 aromatic heterocycles. The Morgan fingerprint density at radius 3 is 2.25 bits per heavy atom. The van der Waals surface area contributed by atoms with Gasteiger partial charge in [0.05, 0.1) is 25.7 Å². The summed E-state index contributed by atoms with van der Waals surface area (Å²) in [6.07, 6.45) is -5.13. The van der Waals surface area contributed by atoms with Crippen LogP contribution in [0.25, 0.3) is 0 Å². The molecule has 7 nitrogen and oxygen atoms in total. The van der Waals surface area contributed by atoms with Crippen LogP contribution in [-0.4, -0.2) is 49.6 Å². The van der Waals surface area contributed by atoms with Crippen LogP contribution in [0.1, 0.15) is 27.2 Å². The maximum atomic E-state index is 12.0. The smallest absolute Gasteiger partial charge is 0.460 e. The standard InChI is InChI=1S/C13H20F3N2O5P/c1-12(2,3)23-10(19)9-24(21-7-4-5-17)22-8-6-18-11(20)13(14,15)16/h4,6-9H2,1-3H3,(H,18,20). The van der Waals surface area contributed by atoms with Crippen LogP contribution in [0.2, 0.25) is 0 Å². The second kappa shape index (κ2) is 10.4. The van der Waals surface area contributed by atoms with Crippen molar-refractivity contribution in [2.75, 3.05) is 25.9 Å². The van der Waals surface area contributed by atoms with Gasteiger partial charge in [-0.05, 0) is 20.8 Å². The van der Waals surface area contributed by atoms with E-state index in [-0.39, 0.29) is 25.8 Å². The van der Waals surface area contributed by atoms with Crippen molar-refractivity contribution in [2.24, 2.45) is 0 Å². The maximum Gasteiger partial charge on any atom is 0.471 e.